The van der Waals surface area contributed by atoms with Gasteiger partial charge in [-0.15, -0.1) is 0 Å². The van der Waals surface area contributed by atoms with E-state index >= 15 is 0 Å². The lowest BCUT2D eigenvalue weighted by atomic mass is 9.86. The van der Waals surface area contributed by atoms with Crippen LogP contribution in [0.5, 0.6) is 0 Å². The van der Waals surface area contributed by atoms with E-state index in [4.69, 9.17) is 4.74 Å². The highest BCUT2D eigenvalue weighted by molar-refractivity contribution is 5.00. The largest absolute Gasteiger partial charge is 0.381 e. The van der Waals surface area contributed by atoms with E-state index < -0.39 is 0 Å². The van der Waals surface area contributed by atoms with Crippen LogP contribution >= 0.6 is 0 Å². The van der Waals surface area contributed by atoms with Gasteiger partial charge in [0.25, 0.3) is 0 Å². The highest BCUT2D eigenvalue weighted by Gasteiger charge is 2.46. The number of rotatable bonds is 3. The minimum absolute atomic E-state index is 0.547. The molecule has 0 heterocycles. The van der Waals surface area contributed by atoms with Gasteiger partial charge in [-0.3, -0.25) is 0 Å². The van der Waals surface area contributed by atoms with Crippen LogP contribution in [0, 0.1) is 11.8 Å². The molecule has 0 saturated heterocycles. The average molecular weight is 195 g/mol. The maximum absolute atomic E-state index is 5.30. The molecule has 0 bridgehead atoms. The minimum Gasteiger partial charge on any atom is -0.381 e. The minimum atomic E-state index is 0.547. The van der Waals surface area contributed by atoms with Gasteiger partial charge in [0.1, 0.15) is 0 Å². The van der Waals surface area contributed by atoms with Crippen molar-refractivity contribution < 1.29 is 4.74 Å². The topological polar surface area (TPSA) is 21.3 Å². The van der Waals surface area contributed by atoms with Gasteiger partial charge in [-0.05, 0) is 37.5 Å². The second kappa shape index (κ2) is 3.49. The summed E-state index contributed by atoms with van der Waals surface area (Å²) in [6.07, 6.45) is 8.93. The summed E-state index contributed by atoms with van der Waals surface area (Å²) < 4.78 is 5.30. The SMILES string of the molecule is COC1CC(NC2CCC[C@@H]3C[C@H]23)C1. The van der Waals surface area contributed by atoms with Crippen LogP contribution in [-0.4, -0.2) is 25.3 Å². The fraction of sp³-hybridized carbons (Fsp3) is 1.00. The molecular formula is C12H21NO. The summed E-state index contributed by atoms with van der Waals surface area (Å²) in [5.74, 6) is 2.14. The maximum atomic E-state index is 5.30. The van der Waals surface area contributed by atoms with Crippen LogP contribution in [-0.2, 0) is 4.74 Å². The molecule has 0 amide bonds. The Bertz CT molecular complexity index is 212. The smallest absolute Gasteiger partial charge is 0.0601 e. The second-order valence-corrected chi connectivity index (χ2v) is 5.39. The van der Waals surface area contributed by atoms with Crippen molar-refractivity contribution in [3.63, 3.8) is 0 Å². The Morgan fingerprint density at radius 3 is 2.79 bits per heavy atom. The summed E-state index contributed by atoms with van der Waals surface area (Å²) in [4.78, 5) is 0. The Balaban J connectivity index is 1.44. The fourth-order valence-electron chi connectivity index (χ4n) is 3.31. The highest BCUT2D eigenvalue weighted by Crippen LogP contribution is 2.49. The molecule has 0 aromatic carbocycles. The van der Waals surface area contributed by atoms with E-state index in [-0.39, 0.29) is 0 Å². The fourth-order valence-corrected chi connectivity index (χ4v) is 3.31. The molecule has 1 N–H and O–H groups in total. The summed E-state index contributed by atoms with van der Waals surface area (Å²) in [5.41, 5.74) is 0. The lowest BCUT2D eigenvalue weighted by Gasteiger charge is -2.38. The van der Waals surface area contributed by atoms with Crippen molar-refractivity contribution in [2.75, 3.05) is 7.11 Å². The molecule has 0 aromatic heterocycles. The molecule has 3 rings (SSSR count). The average Bonchev–Trinajstić information content (AvgIpc) is 2.89. The van der Waals surface area contributed by atoms with Crippen LogP contribution < -0.4 is 5.32 Å². The number of hydrogen-bond acceptors (Lipinski definition) is 2. The van der Waals surface area contributed by atoms with Gasteiger partial charge in [0.15, 0.2) is 0 Å². The first-order valence-electron chi connectivity index (χ1n) is 6.15. The number of nitrogens with one attached hydrogen (secondary N) is 1. The summed E-state index contributed by atoms with van der Waals surface area (Å²) in [6, 6.07) is 1.63. The Morgan fingerprint density at radius 2 is 2.00 bits per heavy atom. The van der Waals surface area contributed by atoms with Gasteiger partial charge in [-0.25, -0.2) is 0 Å². The molecule has 1 unspecified atom stereocenters. The third kappa shape index (κ3) is 1.59. The van der Waals surface area contributed by atoms with Crippen molar-refractivity contribution >= 4 is 0 Å². The molecule has 3 saturated carbocycles. The summed E-state index contributed by atoms with van der Waals surface area (Å²) in [6.45, 7) is 0. The standard InChI is InChI=1S/C12H21NO/c1-14-10-6-9(7-10)13-12-4-2-3-8-5-11(8)12/h8-13H,2-7H2,1H3/t8-,9?,10?,11+,12?/m1/s1. The molecular weight excluding hydrogens is 174 g/mol. The predicted molar refractivity (Wildman–Crippen MR) is 56.2 cm³/mol. The van der Waals surface area contributed by atoms with E-state index in [0.29, 0.717) is 6.10 Å². The van der Waals surface area contributed by atoms with Crippen molar-refractivity contribution in [3.05, 3.63) is 0 Å². The molecule has 0 aromatic rings. The van der Waals surface area contributed by atoms with Crippen LogP contribution in [0.3, 0.4) is 0 Å². The Labute approximate surface area is 86.4 Å². The zero-order chi connectivity index (χ0) is 9.54. The van der Waals surface area contributed by atoms with Gasteiger partial charge in [0.05, 0.1) is 6.10 Å². The highest BCUT2D eigenvalue weighted by atomic mass is 16.5. The molecule has 3 atom stereocenters. The summed E-state index contributed by atoms with van der Waals surface area (Å²) in [5, 5.41) is 3.83. The van der Waals surface area contributed by atoms with E-state index in [2.05, 4.69) is 5.32 Å². The zero-order valence-electron chi connectivity index (χ0n) is 9.04. The zero-order valence-corrected chi connectivity index (χ0v) is 9.04. The normalized spacial score (nSPS) is 50.8. The molecule has 0 aliphatic heterocycles. The molecule has 3 fully saturated rings. The molecule has 3 aliphatic carbocycles. The number of hydrogen-bond donors (Lipinski definition) is 1. The van der Waals surface area contributed by atoms with Crippen molar-refractivity contribution in [2.24, 2.45) is 11.8 Å². The van der Waals surface area contributed by atoms with Gasteiger partial charge < -0.3 is 10.1 Å². The first kappa shape index (κ1) is 9.17. The van der Waals surface area contributed by atoms with Crippen molar-refractivity contribution in [1.82, 2.24) is 5.32 Å². The van der Waals surface area contributed by atoms with Crippen LogP contribution in [0.25, 0.3) is 0 Å². The summed E-state index contributed by atoms with van der Waals surface area (Å²) >= 11 is 0. The first-order valence-corrected chi connectivity index (χ1v) is 6.15. The third-order valence-electron chi connectivity index (χ3n) is 4.46. The van der Waals surface area contributed by atoms with Gasteiger partial charge in [0, 0.05) is 19.2 Å². The van der Waals surface area contributed by atoms with Gasteiger partial charge in [-0.2, -0.15) is 0 Å². The quantitative estimate of drug-likeness (QED) is 0.743. The third-order valence-corrected chi connectivity index (χ3v) is 4.46. The van der Waals surface area contributed by atoms with E-state index in [0.717, 1.165) is 23.9 Å². The summed E-state index contributed by atoms with van der Waals surface area (Å²) in [7, 11) is 1.83. The van der Waals surface area contributed by atoms with Crippen molar-refractivity contribution in [3.8, 4) is 0 Å². The Hall–Kier alpha value is -0.0800. The van der Waals surface area contributed by atoms with E-state index in [1.54, 1.807) is 0 Å². The van der Waals surface area contributed by atoms with Crippen LogP contribution in [0.1, 0.15) is 38.5 Å². The lowest BCUT2D eigenvalue weighted by Crippen LogP contribution is -2.50. The number of fused-ring (bicyclic) bond motifs is 1. The number of methoxy groups -OCH3 is 1. The first-order chi connectivity index (χ1) is 6.86. The van der Waals surface area contributed by atoms with Crippen LogP contribution in [0.2, 0.25) is 0 Å². The lowest BCUT2D eigenvalue weighted by molar-refractivity contribution is 0.0122. The monoisotopic (exact) mass is 195 g/mol. The number of ether oxygens (including phenoxy) is 1. The van der Waals surface area contributed by atoms with Crippen molar-refractivity contribution in [1.29, 1.82) is 0 Å². The molecule has 3 aliphatic rings. The molecule has 80 valence electrons. The van der Waals surface area contributed by atoms with Gasteiger partial charge >= 0.3 is 0 Å². The molecule has 0 radical (unpaired) electrons. The van der Waals surface area contributed by atoms with Gasteiger partial charge in [0.2, 0.25) is 0 Å². The van der Waals surface area contributed by atoms with Crippen molar-refractivity contribution in [2.45, 2.75) is 56.7 Å². The molecule has 2 nitrogen and oxygen atoms in total. The van der Waals surface area contributed by atoms with E-state index in [1.165, 1.54) is 38.5 Å². The van der Waals surface area contributed by atoms with E-state index in [1.807, 2.05) is 7.11 Å². The second-order valence-electron chi connectivity index (χ2n) is 5.39. The van der Waals surface area contributed by atoms with Crippen LogP contribution in [0.4, 0.5) is 0 Å². The van der Waals surface area contributed by atoms with Crippen LogP contribution in [0.15, 0.2) is 0 Å². The van der Waals surface area contributed by atoms with E-state index in [9.17, 15) is 0 Å². The maximum Gasteiger partial charge on any atom is 0.0601 e. The Kier molecular flexibility index (Phi) is 2.29. The Morgan fingerprint density at radius 1 is 1.14 bits per heavy atom. The molecule has 2 heteroatoms. The predicted octanol–water partition coefficient (Wildman–Crippen LogP) is 1.94. The van der Waals surface area contributed by atoms with Gasteiger partial charge in [-0.1, -0.05) is 12.8 Å². The molecule has 14 heavy (non-hydrogen) atoms. The molecule has 0 spiro atoms.